The van der Waals surface area contributed by atoms with Crippen molar-refractivity contribution >= 4 is 0 Å². The van der Waals surface area contributed by atoms with Gasteiger partial charge in [-0.2, -0.15) is 0 Å². The summed E-state index contributed by atoms with van der Waals surface area (Å²) in [7, 11) is 0. The van der Waals surface area contributed by atoms with E-state index in [0.29, 0.717) is 32.3 Å². The molecule has 0 fully saturated rings. The molecule has 0 heterocycles. The molecule has 0 saturated heterocycles. The molecule has 3 heteroatoms. The Morgan fingerprint density at radius 1 is 1.08 bits per heavy atom. The second kappa shape index (κ2) is 8.91. The molecule has 0 aromatic carbocycles. The monoisotopic (exact) mass is 180 g/mol. The zero-order valence-corrected chi connectivity index (χ0v) is 7.69. The summed E-state index contributed by atoms with van der Waals surface area (Å²) in [5.41, 5.74) is 0. The van der Waals surface area contributed by atoms with E-state index in [2.05, 4.69) is 0 Å². The van der Waals surface area contributed by atoms with E-state index < -0.39 is 0 Å². The molecule has 0 bridgehead atoms. The molecule has 12 heavy (non-hydrogen) atoms. The van der Waals surface area contributed by atoms with Crippen molar-refractivity contribution < 1.29 is 13.5 Å². The lowest BCUT2D eigenvalue weighted by Gasteiger charge is -2.14. The van der Waals surface area contributed by atoms with Gasteiger partial charge in [0, 0.05) is 6.61 Å². The molecule has 0 unspecified atom stereocenters. The highest BCUT2D eigenvalue weighted by atomic mass is 19.1. The topological polar surface area (TPSA) is 9.23 Å². The molecule has 0 amide bonds. The summed E-state index contributed by atoms with van der Waals surface area (Å²) in [6, 6.07) is 0. The van der Waals surface area contributed by atoms with Crippen LogP contribution < -0.4 is 0 Å². The predicted octanol–water partition coefficient (Wildman–Crippen LogP) is 2.89. The van der Waals surface area contributed by atoms with Crippen LogP contribution in [-0.4, -0.2) is 26.1 Å². The first kappa shape index (κ1) is 11.8. The van der Waals surface area contributed by atoms with E-state index in [1.807, 2.05) is 6.92 Å². The normalized spacial score (nSPS) is 11.0. The van der Waals surface area contributed by atoms with Crippen LogP contribution >= 0.6 is 0 Å². The van der Waals surface area contributed by atoms with Crippen LogP contribution in [0.25, 0.3) is 0 Å². The third kappa shape index (κ3) is 6.53. The summed E-state index contributed by atoms with van der Waals surface area (Å²) in [5, 5.41) is 0. The van der Waals surface area contributed by atoms with Gasteiger partial charge in [0.05, 0.1) is 19.5 Å². The van der Waals surface area contributed by atoms with E-state index in [4.69, 9.17) is 4.74 Å². The number of ether oxygens (including phenoxy) is 1. The zero-order chi connectivity index (χ0) is 9.23. The van der Waals surface area contributed by atoms with Crippen LogP contribution in [0.4, 0.5) is 8.78 Å². The van der Waals surface area contributed by atoms with Crippen molar-refractivity contribution in [1.29, 1.82) is 0 Å². The first-order valence-corrected chi connectivity index (χ1v) is 4.58. The average molecular weight is 180 g/mol. The standard InChI is InChI=1S/C9H18F2O/c1-2-12-9(5-3-7-10)6-4-8-11/h9H,2-8H2,1H3. The van der Waals surface area contributed by atoms with Gasteiger partial charge in [0.1, 0.15) is 0 Å². The maximum Gasteiger partial charge on any atom is 0.0895 e. The molecule has 0 radical (unpaired) electrons. The predicted molar refractivity (Wildman–Crippen MR) is 45.8 cm³/mol. The van der Waals surface area contributed by atoms with E-state index in [0.717, 1.165) is 0 Å². The average Bonchev–Trinajstić information content (AvgIpc) is 2.10. The molecule has 0 aromatic heterocycles. The summed E-state index contributed by atoms with van der Waals surface area (Å²) in [6.45, 7) is 1.92. The van der Waals surface area contributed by atoms with Crippen molar-refractivity contribution in [2.45, 2.75) is 38.7 Å². The van der Waals surface area contributed by atoms with Gasteiger partial charge in [0.2, 0.25) is 0 Å². The molecule has 0 aliphatic rings. The van der Waals surface area contributed by atoms with E-state index in [-0.39, 0.29) is 19.5 Å². The molecule has 0 aliphatic carbocycles. The van der Waals surface area contributed by atoms with Crippen LogP contribution in [0.1, 0.15) is 32.6 Å². The Morgan fingerprint density at radius 2 is 1.58 bits per heavy atom. The van der Waals surface area contributed by atoms with Gasteiger partial charge in [-0.05, 0) is 32.6 Å². The number of hydrogen-bond donors (Lipinski definition) is 0. The summed E-state index contributed by atoms with van der Waals surface area (Å²) in [5.74, 6) is 0. The number of alkyl halides is 2. The Bertz CT molecular complexity index is 80.6. The Balaban J connectivity index is 3.40. The van der Waals surface area contributed by atoms with Gasteiger partial charge < -0.3 is 4.74 Å². The lowest BCUT2D eigenvalue weighted by molar-refractivity contribution is 0.0454. The molecular formula is C9H18F2O. The second-order valence-electron chi connectivity index (χ2n) is 2.74. The molecule has 1 nitrogen and oxygen atoms in total. The van der Waals surface area contributed by atoms with E-state index in [9.17, 15) is 8.78 Å². The Labute approximate surface area is 73.1 Å². The van der Waals surface area contributed by atoms with Crippen molar-refractivity contribution in [3.05, 3.63) is 0 Å². The first-order chi connectivity index (χ1) is 5.85. The molecule has 0 rings (SSSR count). The fraction of sp³-hybridized carbons (Fsp3) is 1.00. The highest BCUT2D eigenvalue weighted by Gasteiger charge is 2.07. The van der Waals surface area contributed by atoms with Crippen LogP contribution in [0.3, 0.4) is 0 Å². The lowest BCUT2D eigenvalue weighted by Crippen LogP contribution is -2.13. The van der Waals surface area contributed by atoms with Crippen molar-refractivity contribution in [2.24, 2.45) is 0 Å². The first-order valence-electron chi connectivity index (χ1n) is 4.58. The SMILES string of the molecule is CCOC(CCCF)CCCF. The summed E-state index contributed by atoms with van der Waals surface area (Å²) in [4.78, 5) is 0. The molecular weight excluding hydrogens is 162 g/mol. The van der Waals surface area contributed by atoms with Crippen molar-refractivity contribution in [2.75, 3.05) is 20.0 Å². The van der Waals surface area contributed by atoms with Crippen LogP contribution in [0.2, 0.25) is 0 Å². The van der Waals surface area contributed by atoms with Crippen molar-refractivity contribution in [1.82, 2.24) is 0 Å². The van der Waals surface area contributed by atoms with Crippen LogP contribution in [0, 0.1) is 0 Å². The molecule has 0 atom stereocenters. The van der Waals surface area contributed by atoms with Gasteiger partial charge in [-0.1, -0.05) is 0 Å². The summed E-state index contributed by atoms with van der Waals surface area (Å²) >= 11 is 0. The third-order valence-electron chi connectivity index (χ3n) is 1.72. The van der Waals surface area contributed by atoms with Crippen LogP contribution in [0.15, 0.2) is 0 Å². The van der Waals surface area contributed by atoms with Gasteiger partial charge >= 0.3 is 0 Å². The fourth-order valence-corrected chi connectivity index (χ4v) is 1.16. The lowest BCUT2D eigenvalue weighted by atomic mass is 10.1. The Kier molecular flexibility index (Phi) is 8.78. The molecule has 0 N–H and O–H groups in total. The highest BCUT2D eigenvalue weighted by molar-refractivity contribution is 4.58. The third-order valence-corrected chi connectivity index (χ3v) is 1.72. The van der Waals surface area contributed by atoms with Gasteiger partial charge in [-0.25, -0.2) is 0 Å². The summed E-state index contributed by atoms with van der Waals surface area (Å²) in [6.07, 6.45) is 2.53. The molecule has 0 aromatic rings. The zero-order valence-electron chi connectivity index (χ0n) is 7.69. The quantitative estimate of drug-likeness (QED) is 0.558. The Hall–Kier alpha value is -0.180. The fourth-order valence-electron chi connectivity index (χ4n) is 1.16. The second-order valence-corrected chi connectivity index (χ2v) is 2.74. The van der Waals surface area contributed by atoms with Gasteiger partial charge in [0.25, 0.3) is 0 Å². The highest BCUT2D eigenvalue weighted by Crippen LogP contribution is 2.09. The summed E-state index contributed by atoms with van der Waals surface area (Å²) < 4.78 is 28.9. The van der Waals surface area contributed by atoms with Crippen LogP contribution in [0.5, 0.6) is 0 Å². The Morgan fingerprint density at radius 3 is 1.92 bits per heavy atom. The minimum atomic E-state index is -0.306. The maximum absolute atomic E-state index is 11.8. The van der Waals surface area contributed by atoms with Crippen LogP contribution in [-0.2, 0) is 4.74 Å². The van der Waals surface area contributed by atoms with E-state index >= 15 is 0 Å². The number of hydrogen-bond acceptors (Lipinski definition) is 1. The molecule has 0 aliphatic heterocycles. The molecule has 0 spiro atoms. The van der Waals surface area contributed by atoms with Crippen molar-refractivity contribution in [3.63, 3.8) is 0 Å². The van der Waals surface area contributed by atoms with Gasteiger partial charge in [-0.15, -0.1) is 0 Å². The minimum absolute atomic E-state index is 0.0569. The number of halogens is 2. The van der Waals surface area contributed by atoms with E-state index in [1.54, 1.807) is 0 Å². The molecule has 0 saturated carbocycles. The largest absolute Gasteiger partial charge is 0.379 e. The van der Waals surface area contributed by atoms with E-state index in [1.165, 1.54) is 0 Å². The van der Waals surface area contributed by atoms with Crippen molar-refractivity contribution in [3.8, 4) is 0 Å². The van der Waals surface area contributed by atoms with Gasteiger partial charge in [0.15, 0.2) is 0 Å². The number of rotatable bonds is 8. The smallest absolute Gasteiger partial charge is 0.0895 e. The minimum Gasteiger partial charge on any atom is -0.379 e. The molecule has 74 valence electrons. The van der Waals surface area contributed by atoms with Gasteiger partial charge in [-0.3, -0.25) is 8.78 Å². The maximum atomic E-state index is 11.8.